The molecule has 0 saturated carbocycles. The second-order valence-corrected chi connectivity index (χ2v) is 18.5. The second kappa shape index (κ2) is 27.5. The average Bonchev–Trinajstić information content (AvgIpc) is 3.45. The maximum absolute atomic E-state index is 14.5. The number of nitrogens with one attached hydrogen (secondary N) is 6. The molecule has 0 aliphatic carbocycles. The number of methoxy groups -OCH3 is 3. The smallest absolute Gasteiger partial charge is 0.407 e. The van der Waals surface area contributed by atoms with Crippen LogP contribution >= 0.6 is 0 Å². The third kappa shape index (κ3) is 16.6. The van der Waals surface area contributed by atoms with Crippen LogP contribution in [0.4, 0.5) is 14.4 Å². The normalized spacial score (nSPS) is 19.5. The number of carbonyl (C=O) groups is 9. The van der Waals surface area contributed by atoms with E-state index in [0.717, 1.165) is 21.3 Å². The minimum absolute atomic E-state index is 0.109. The third-order valence-corrected chi connectivity index (χ3v) is 12.8. The van der Waals surface area contributed by atoms with Crippen molar-refractivity contribution in [2.24, 2.45) is 0 Å². The number of carbonyl (C=O) groups excluding carboxylic acids is 9. The molecule has 8 rings (SSSR count). The van der Waals surface area contributed by atoms with E-state index in [9.17, 15) is 43.2 Å². The van der Waals surface area contributed by atoms with Gasteiger partial charge in [-0.25, -0.2) is 28.8 Å². The zero-order valence-corrected chi connectivity index (χ0v) is 43.1. The first kappa shape index (κ1) is 56.5. The molecule has 21 heteroatoms. The van der Waals surface area contributed by atoms with Gasteiger partial charge in [0.1, 0.15) is 37.9 Å². The zero-order valence-electron chi connectivity index (χ0n) is 43.1. The molecule has 3 aliphatic rings. The molecular weight excluding hydrogens is 1010 g/mol. The van der Waals surface area contributed by atoms with Gasteiger partial charge in [0.2, 0.25) is 17.7 Å². The molecule has 78 heavy (non-hydrogen) atoms. The van der Waals surface area contributed by atoms with Crippen molar-refractivity contribution >= 4 is 53.9 Å². The number of fused-ring (bicyclic) bond motifs is 15. The van der Waals surface area contributed by atoms with Crippen molar-refractivity contribution < 1.29 is 71.6 Å². The molecule has 0 saturated heterocycles. The molecule has 3 heterocycles. The number of amides is 6. The molecule has 21 nitrogen and oxygen atoms in total. The molecule has 6 bridgehead atoms. The van der Waals surface area contributed by atoms with Gasteiger partial charge in [0.25, 0.3) is 0 Å². The molecule has 6 atom stereocenters. The van der Waals surface area contributed by atoms with Crippen molar-refractivity contribution in [3.8, 4) is 0 Å². The van der Waals surface area contributed by atoms with E-state index >= 15 is 0 Å². The summed E-state index contributed by atoms with van der Waals surface area (Å²) in [6.45, 7) is -0.542. The van der Waals surface area contributed by atoms with Gasteiger partial charge in [-0.15, -0.1) is 0 Å². The number of benzene rings is 5. The first-order valence-corrected chi connectivity index (χ1v) is 24.9. The number of hydrogen-bond donors (Lipinski definition) is 6. The van der Waals surface area contributed by atoms with Crippen molar-refractivity contribution in [2.45, 2.75) is 94.6 Å². The summed E-state index contributed by atoms with van der Waals surface area (Å²) in [5.41, 5.74) is 3.41. The van der Waals surface area contributed by atoms with Gasteiger partial charge >= 0.3 is 36.2 Å². The summed E-state index contributed by atoms with van der Waals surface area (Å²) in [5, 5.41) is 16.5. The second-order valence-electron chi connectivity index (χ2n) is 18.5. The van der Waals surface area contributed by atoms with Gasteiger partial charge in [-0.05, 0) is 50.1 Å². The summed E-state index contributed by atoms with van der Waals surface area (Å²) in [6.07, 6.45) is -5.28. The molecule has 3 aliphatic heterocycles. The molecule has 3 unspecified atom stereocenters. The molecule has 6 amide bonds. The summed E-state index contributed by atoms with van der Waals surface area (Å²) in [5.74, 6) is -4.85. The fourth-order valence-corrected chi connectivity index (χ4v) is 9.01. The molecule has 0 radical (unpaired) electrons. The molecular formula is C57H60N6O15. The highest BCUT2D eigenvalue weighted by molar-refractivity contribution is 5.88. The summed E-state index contributed by atoms with van der Waals surface area (Å²) >= 11 is 0. The fraction of sp³-hybridized carbons (Fsp3) is 0.316. The maximum atomic E-state index is 14.5. The Hall–Kier alpha value is -9.27. The lowest BCUT2D eigenvalue weighted by atomic mass is 9.89. The predicted molar refractivity (Wildman–Crippen MR) is 277 cm³/mol. The number of ether oxygens (including phenoxy) is 6. The van der Waals surface area contributed by atoms with Crippen LogP contribution in [-0.4, -0.2) is 93.4 Å². The SMILES string of the molecule is COC(=O)[C@@H]1Cc2cc3cc(c2)C[C@@H](C(=O)OC)NC(=O)CC(NC(=O)OCc2ccccc2)c2cc(cc(c2)C(NC(=O)OCc2ccccc2)CC(=O)N[C@H](C(=O)OC)C3)C(NC(=O)OCc2ccccc2)CC(=O)N1. The van der Waals surface area contributed by atoms with Crippen LogP contribution in [0.5, 0.6) is 0 Å². The van der Waals surface area contributed by atoms with E-state index < -0.39 is 109 Å². The molecule has 0 fully saturated rings. The highest BCUT2D eigenvalue weighted by atomic mass is 16.6. The van der Waals surface area contributed by atoms with E-state index in [1.807, 2.05) is 0 Å². The van der Waals surface area contributed by atoms with Crippen LogP contribution in [0.25, 0.3) is 0 Å². The number of alkyl carbamates (subject to hydrolysis) is 3. The van der Waals surface area contributed by atoms with Crippen molar-refractivity contribution in [3.05, 3.63) is 177 Å². The first-order chi connectivity index (χ1) is 37.6. The quantitative estimate of drug-likeness (QED) is 0.0701. The Balaban J connectivity index is 1.44. The van der Waals surface area contributed by atoms with Gasteiger partial charge < -0.3 is 60.3 Å². The summed E-state index contributed by atoms with van der Waals surface area (Å²) < 4.78 is 32.3. The van der Waals surface area contributed by atoms with Gasteiger partial charge in [-0.1, -0.05) is 127 Å². The fourth-order valence-electron chi connectivity index (χ4n) is 9.01. The van der Waals surface area contributed by atoms with E-state index in [1.54, 1.807) is 109 Å². The molecule has 5 aromatic carbocycles. The van der Waals surface area contributed by atoms with Crippen molar-refractivity contribution in [1.82, 2.24) is 31.9 Å². The monoisotopic (exact) mass is 1070 g/mol. The van der Waals surface area contributed by atoms with Crippen LogP contribution in [0.2, 0.25) is 0 Å². The highest BCUT2D eigenvalue weighted by Gasteiger charge is 2.33. The first-order valence-electron chi connectivity index (χ1n) is 24.9. The van der Waals surface area contributed by atoms with Gasteiger partial charge in [0.05, 0.1) is 58.7 Å². The number of rotatable bonds is 12. The topological polar surface area (TPSA) is 281 Å². The molecule has 6 N–H and O–H groups in total. The van der Waals surface area contributed by atoms with Crippen LogP contribution in [0, 0.1) is 0 Å². The summed E-state index contributed by atoms with van der Waals surface area (Å²) in [6, 6.07) is 27.5. The van der Waals surface area contributed by atoms with Crippen LogP contribution in [-0.2, 0) is 96.3 Å². The predicted octanol–water partition coefficient (Wildman–Crippen LogP) is 5.09. The summed E-state index contributed by atoms with van der Waals surface area (Å²) in [4.78, 5) is 126. The molecule has 0 spiro atoms. The Bertz CT molecular complexity index is 2620. The Kier molecular flexibility index (Phi) is 19.9. The van der Waals surface area contributed by atoms with Crippen molar-refractivity contribution in [1.29, 1.82) is 0 Å². The Morgan fingerprint density at radius 3 is 0.897 bits per heavy atom. The van der Waals surface area contributed by atoms with Gasteiger partial charge in [-0.3, -0.25) is 14.4 Å². The van der Waals surface area contributed by atoms with Crippen LogP contribution in [0.3, 0.4) is 0 Å². The lowest BCUT2D eigenvalue weighted by Crippen LogP contribution is -2.46. The van der Waals surface area contributed by atoms with Crippen molar-refractivity contribution in [2.75, 3.05) is 21.3 Å². The van der Waals surface area contributed by atoms with Gasteiger partial charge in [-0.2, -0.15) is 0 Å². The Labute approximate surface area is 449 Å². The Morgan fingerprint density at radius 2 is 0.654 bits per heavy atom. The van der Waals surface area contributed by atoms with E-state index in [0.29, 0.717) is 33.4 Å². The van der Waals surface area contributed by atoms with Crippen LogP contribution in [0.15, 0.2) is 127 Å². The molecule has 5 aromatic rings. The number of hydrogen-bond acceptors (Lipinski definition) is 15. The molecule has 408 valence electrons. The lowest BCUT2D eigenvalue weighted by Gasteiger charge is -2.28. The van der Waals surface area contributed by atoms with E-state index in [1.165, 1.54) is 18.2 Å². The van der Waals surface area contributed by atoms with Crippen LogP contribution in [0.1, 0.15) is 87.5 Å². The zero-order chi connectivity index (χ0) is 55.6. The average molecular weight is 1070 g/mol. The van der Waals surface area contributed by atoms with Crippen LogP contribution < -0.4 is 31.9 Å². The molecule has 0 aromatic heterocycles. The summed E-state index contributed by atoms with van der Waals surface area (Å²) in [7, 11) is 3.41. The lowest BCUT2D eigenvalue weighted by molar-refractivity contribution is -0.145. The van der Waals surface area contributed by atoms with E-state index in [4.69, 9.17) is 28.4 Å². The minimum Gasteiger partial charge on any atom is -0.467 e. The number of esters is 3. The minimum atomic E-state index is -1.37. The third-order valence-electron chi connectivity index (χ3n) is 12.8. The maximum Gasteiger partial charge on any atom is 0.407 e. The standard InChI is InChI=1S/C57H60N6O15/c1-73-52(67)46-22-37-19-38-21-39(20-37)24-48(54(69)75-3)60-51(66)30-45(63-57(72)78-33-36-17-11-6-12-18-36)42-26-40(43(28-49(64)58-46)61-55(70)76-31-34-13-7-4-8-14-34)25-41(27-42)44(29-50(65)59-47(23-38)53(68)74-2)62-56(71)77-32-35-15-9-5-10-16-35/h4-21,25-27,43-48H,22-24,28-33H2,1-3H3,(H,58,64)(H,59,65)(H,60,66)(H,61,70)(H,62,71)(H,63,72)/t43?,44?,45?,46-,47-,48-/m0/s1. The highest BCUT2D eigenvalue weighted by Crippen LogP contribution is 2.31. The van der Waals surface area contributed by atoms with Crippen molar-refractivity contribution in [3.63, 3.8) is 0 Å². The van der Waals surface area contributed by atoms with Gasteiger partial charge in [0.15, 0.2) is 0 Å². The van der Waals surface area contributed by atoms with E-state index in [-0.39, 0.29) is 55.8 Å². The Morgan fingerprint density at radius 1 is 0.397 bits per heavy atom. The van der Waals surface area contributed by atoms with E-state index in [2.05, 4.69) is 31.9 Å². The van der Waals surface area contributed by atoms with Gasteiger partial charge in [0, 0.05) is 19.3 Å². The largest absolute Gasteiger partial charge is 0.467 e.